The minimum Gasteiger partial charge on any atom is -0.497 e. The van der Waals surface area contributed by atoms with Gasteiger partial charge in [-0.1, -0.05) is 0 Å². The minimum atomic E-state index is 0.399. The van der Waals surface area contributed by atoms with Gasteiger partial charge in [0, 0.05) is 6.07 Å². The first-order valence-corrected chi connectivity index (χ1v) is 5.10. The first-order chi connectivity index (χ1) is 6.88. The average Bonchev–Trinajstić information content (AvgIpc) is 2.71. The number of ether oxygens (including phenoxy) is 2. The molecule has 0 spiro atoms. The molecule has 1 fully saturated rings. The molecule has 2 heteroatoms. The van der Waals surface area contributed by atoms with Crippen molar-refractivity contribution < 1.29 is 9.47 Å². The van der Waals surface area contributed by atoms with E-state index in [1.54, 1.807) is 7.11 Å². The Morgan fingerprint density at radius 1 is 1.21 bits per heavy atom. The lowest BCUT2D eigenvalue weighted by molar-refractivity contribution is 0.209. The van der Waals surface area contributed by atoms with E-state index >= 15 is 0 Å². The van der Waals surface area contributed by atoms with Crippen molar-refractivity contribution >= 4 is 0 Å². The molecule has 0 amide bonds. The third-order valence-electron chi connectivity index (χ3n) is 2.58. The minimum absolute atomic E-state index is 0.399. The van der Waals surface area contributed by atoms with Crippen LogP contribution in [0.25, 0.3) is 0 Å². The van der Waals surface area contributed by atoms with E-state index in [0.717, 1.165) is 11.5 Å². The van der Waals surface area contributed by atoms with Crippen LogP contribution in [0.5, 0.6) is 11.5 Å². The Hall–Kier alpha value is -1.18. The van der Waals surface area contributed by atoms with Crippen molar-refractivity contribution in [1.29, 1.82) is 0 Å². The Morgan fingerprint density at radius 2 is 1.93 bits per heavy atom. The van der Waals surface area contributed by atoms with Gasteiger partial charge in [-0.3, -0.25) is 0 Å². The molecule has 1 radical (unpaired) electrons. The first-order valence-electron chi connectivity index (χ1n) is 5.10. The highest BCUT2D eigenvalue weighted by molar-refractivity contribution is 5.32. The number of hydrogen-bond donors (Lipinski definition) is 0. The van der Waals surface area contributed by atoms with Crippen LogP contribution in [0.1, 0.15) is 25.7 Å². The predicted molar refractivity (Wildman–Crippen MR) is 54.7 cm³/mol. The summed E-state index contributed by atoms with van der Waals surface area (Å²) in [5.74, 6) is 1.68. The van der Waals surface area contributed by atoms with Gasteiger partial charge in [0.1, 0.15) is 11.5 Å². The molecule has 0 N–H and O–H groups in total. The second kappa shape index (κ2) is 4.36. The van der Waals surface area contributed by atoms with Crippen LogP contribution in [0.3, 0.4) is 0 Å². The second-order valence-corrected chi connectivity index (χ2v) is 3.63. The molecule has 0 saturated heterocycles. The predicted octanol–water partition coefficient (Wildman–Crippen LogP) is 2.82. The summed E-state index contributed by atoms with van der Waals surface area (Å²) in [6.07, 6.45) is 5.33. The van der Waals surface area contributed by atoms with E-state index < -0.39 is 0 Å². The van der Waals surface area contributed by atoms with Crippen molar-refractivity contribution in [3.8, 4) is 11.5 Å². The topological polar surface area (TPSA) is 18.5 Å². The van der Waals surface area contributed by atoms with E-state index in [0.29, 0.717) is 6.10 Å². The first kappa shape index (κ1) is 9.38. The van der Waals surface area contributed by atoms with Crippen LogP contribution in [-0.4, -0.2) is 13.2 Å². The molecule has 0 bridgehead atoms. The van der Waals surface area contributed by atoms with Gasteiger partial charge in [0.2, 0.25) is 0 Å². The molecule has 0 atom stereocenters. The number of hydrogen-bond acceptors (Lipinski definition) is 2. The fourth-order valence-corrected chi connectivity index (χ4v) is 1.81. The molecule has 0 aromatic heterocycles. The largest absolute Gasteiger partial charge is 0.497 e. The lowest BCUT2D eigenvalue weighted by atomic mass is 10.3. The Balaban J connectivity index is 2.00. The zero-order chi connectivity index (χ0) is 9.80. The van der Waals surface area contributed by atoms with E-state index in [4.69, 9.17) is 9.47 Å². The molecule has 14 heavy (non-hydrogen) atoms. The lowest BCUT2D eigenvalue weighted by Crippen LogP contribution is -2.10. The summed E-state index contributed by atoms with van der Waals surface area (Å²) in [6, 6.07) is 8.58. The maximum absolute atomic E-state index is 5.81. The fraction of sp³-hybridized carbons (Fsp3) is 0.500. The van der Waals surface area contributed by atoms with Crippen molar-refractivity contribution in [3.63, 3.8) is 0 Å². The quantitative estimate of drug-likeness (QED) is 0.731. The summed E-state index contributed by atoms with van der Waals surface area (Å²) in [6.45, 7) is 0. The summed E-state index contributed by atoms with van der Waals surface area (Å²) in [5, 5.41) is 0. The summed E-state index contributed by atoms with van der Waals surface area (Å²) >= 11 is 0. The Morgan fingerprint density at radius 3 is 2.64 bits per heavy atom. The fourth-order valence-electron chi connectivity index (χ4n) is 1.81. The van der Waals surface area contributed by atoms with Crippen molar-refractivity contribution in [2.75, 3.05) is 7.11 Å². The third-order valence-corrected chi connectivity index (χ3v) is 2.58. The second-order valence-electron chi connectivity index (χ2n) is 3.63. The standard InChI is InChI=1S/C12H15O2/c1-13-11-7-4-8-12(9-11)14-10-5-2-3-6-10/h7-10H,2-3,5-6H2,1H3. The van der Waals surface area contributed by atoms with Crippen molar-refractivity contribution in [3.05, 3.63) is 24.3 Å². The highest BCUT2D eigenvalue weighted by Gasteiger charge is 2.16. The van der Waals surface area contributed by atoms with Crippen LogP contribution in [0.2, 0.25) is 0 Å². The molecule has 1 aliphatic carbocycles. The maximum Gasteiger partial charge on any atom is 0.124 e. The van der Waals surface area contributed by atoms with Gasteiger partial charge in [-0.2, -0.15) is 0 Å². The zero-order valence-electron chi connectivity index (χ0n) is 8.45. The Kier molecular flexibility index (Phi) is 2.92. The molecule has 0 heterocycles. The van der Waals surface area contributed by atoms with Gasteiger partial charge < -0.3 is 9.47 Å². The Bertz CT molecular complexity index is 290. The highest BCUT2D eigenvalue weighted by Crippen LogP contribution is 2.25. The van der Waals surface area contributed by atoms with Crippen LogP contribution in [-0.2, 0) is 0 Å². The summed E-state index contributed by atoms with van der Waals surface area (Å²) in [7, 11) is 1.66. The maximum atomic E-state index is 5.81. The van der Waals surface area contributed by atoms with Crippen LogP contribution < -0.4 is 9.47 Å². The highest BCUT2D eigenvalue weighted by atomic mass is 16.5. The van der Waals surface area contributed by atoms with Crippen molar-refractivity contribution in [1.82, 2.24) is 0 Å². The van der Waals surface area contributed by atoms with E-state index in [1.165, 1.54) is 25.7 Å². The van der Waals surface area contributed by atoms with Gasteiger partial charge in [0.05, 0.1) is 13.2 Å². The van der Waals surface area contributed by atoms with E-state index in [2.05, 4.69) is 6.07 Å². The van der Waals surface area contributed by atoms with Crippen LogP contribution >= 0.6 is 0 Å². The normalized spacial score (nSPS) is 16.9. The van der Waals surface area contributed by atoms with E-state index in [1.807, 2.05) is 18.2 Å². The number of benzene rings is 1. The smallest absolute Gasteiger partial charge is 0.124 e. The van der Waals surface area contributed by atoms with Crippen molar-refractivity contribution in [2.45, 2.75) is 31.8 Å². The molecule has 0 unspecified atom stereocenters. The SMILES string of the molecule is COc1c[c]cc(OC2CCCC2)c1. The van der Waals surface area contributed by atoms with Gasteiger partial charge in [-0.25, -0.2) is 0 Å². The monoisotopic (exact) mass is 191 g/mol. The van der Waals surface area contributed by atoms with Gasteiger partial charge in [0.15, 0.2) is 0 Å². The lowest BCUT2D eigenvalue weighted by Gasteiger charge is -2.13. The number of methoxy groups -OCH3 is 1. The molecular weight excluding hydrogens is 176 g/mol. The third kappa shape index (κ3) is 2.19. The molecule has 1 aromatic carbocycles. The molecule has 2 rings (SSSR count). The summed E-state index contributed by atoms with van der Waals surface area (Å²) < 4.78 is 10.9. The molecule has 1 aromatic rings. The van der Waals surface area contributed by atoms with Gasteiger partial charge in [-0.15, -0.1) is 0 Å². The van der Waals surface area contributed by atoms with Crippen LogP contribution in [0.4, 0.5) is 0 Å². The van der Waals surface area contributed by atoms with Gasteiger partial charge in [0.25, 0.3) is 0 Å². The Labute approximate surface area is 84.8 Å². The van der Waals surface area contributed by atoms with Crippen molar-refractivity contribution in [2.24, 2.45) is 0 Å². The van der Waals surface area contributed by atoms with Crippen LogP contribution in [0, 0.1) is 6.07 Å². The molecule has 1 aliphatic rings. The van der Waals surface area contributed by atoms with Gasteiger partial charge in [-0.05, 0) is 43.9 Å². The average molecular weight is 191 g/mol. The molecule has 1 saturated carbocycles. The molecule has 2 nitrogen and oxygen atoms in total. The van der Waals surface area contributed by atoms with E-state index in [-0.39, 0.29) is 0 Å². The van der Waals surface area contributed by atoms with Crippen LogP contribution in [0.15, 0.2) is 18.2 Å². The van der Waals surface area contributed by atoms with E-state index in [9.17, 15) is 0 Å². The zero-order valence-corrected chi connectivity index (χ0v) is 8.45. The number of rotatable bonds is 3. The summed E-state index contributed by atoms with van der Waals surface area (Å²) in [4.78, 5) is 0. The molecule has 75 valence electrons. The molecule has 0 aliphatic heterocycles. The summed E-state index contributed by atoms with van der Waals surface area (Å²) in [5.41, 5.74) is 0. The van der Waals surface area contributed by atoms with Gasteiger partial charge >= 0.3 is 0 Å². The molecular formula is C12H15O2.